The molecule has 2 rings (SSSR count). The van der Waals surface area contributed by atoms with E-state index in [0.29, 0.717) is 18.7 Å². The second-order valence-corrected chi connectivity index (χ2v) is 4.86. The van der Waals surface area contributed by atoms with Gasteiger partial charge in [0.15, 0.2) is 6.29 Å². The Morgan fingerprint density at radius 1 is 1.09 bits per heavy atom. The van der Waals surface area contributed by atoms with Crippen LogP contribution in [0, 0.1) is 0 Å². The summed E-state index contributed by atoms with van der Waals surface area (Å²) in [5, 5.41) is 15.7. The lowest BCUT2D eigenvalue weighted by Crippen LogP contribution is -2.19. The number of rotatable bonds is 7. The van der Waals surface area contributed by atoms with E-state index in [1.807, 2.05) is 42.5 Å². The number of amides is 1. The van der Waals surface area contributed by atoms with Crippen LogP contribution in [0.1, 0.15) is 13.3 Å². The van der Waals surface area contributed by atoms with Gasteiger partial charge in [-0.25, -0.2) is 0 Å². The van der Waals surface area contributed by atoms with Crippen molar-refractivity contribution in [3.63, 3.8) is 0 Å². The molecule has 0 aliphatic carbocycles. The highest BCUT2D eigenvalue weighted by Gasteiger charge is 2.05. The molecule has 116 valence electrons. The Hall–Kier alpha value is -2.53. The molecule has 0 aliphatic rings. The number of carbonyl (C=O) groups is 1. The van der Waals surface area contributed by atoms with Crippen molar-refractivity contribution in [3.8, 4) is 5.75 Å². The van der Waals surface area contributed by atoms with Crippen LogP contribution in [0.2, 0.25) is 0 Å². The molecule has 1 amide bonds. The summed E-state index contributed by atoms with van der Waals surface area (Å²) in [6.07, 6.45) is -0.393. The Balaban J connectivity index is 1.72. The lowest BCUT2D eigenvalue weighted by Gasteiger charge is -2.14. The molecule has 3 N–H and O–H groups in total. The molecule has 0 fully saturated rings. The summed E-state index contributed by atoms with van der Waals surface area (Å²) in [4.78, 5) is 10.9. The minimum Gasteiger partial charge on any atom is -0.465 e. The summed E-state index contributed by atoms with van der Waals surface area (Å²) in [7, 11) is 0. The molecule has 22 heavy (non-hydrogen) atoms. The maximum atomic E-state index is 10.9. The number of para-hydroxylation sites is 1. The van der Waals surface area contributed by atoms with Crippen LogP contribution in [0.4, 0.5) is 11.4 Å². The lowest BCUT2D eigenvalue weighted by molar-refractivity contribution is -0.114. The zero-order chi connectivity index (χ0) is 15.8. The summed E-state index contributed by atoms with van der Waals surface area (Å²) in [6, 6.07) is 16.6. The van der Waals surface area contributed by atoms with Crippen molar-refractivity contribution in [1.82, 2.24) is 0 Å². The zero-order valence-electron chi connectivity index (χ0n) is 12.5. The van der Waals surface area contributed by atoms with Gasteiger partial charge in [-0.1, -0.05) is 18.2 Å². The normalized spacial score (nSPS) is 11.5. The highest BCUT2D eigenvalue weighted by Crippen LogP contribution is 2.14. The standard InChI is InChI=1S/C17H20N2O3/c1-13(20)19-15-9-7-14(8-10-15)18-12-11-17(21)22-16-5-3-2-4-6-16/h2-10,17-18,21H,11-12H2,1H3,(H,19,20). The number of nitrogens with one attached hydrogen (secondary N) is 2. The monoisotopic (exact) mass is 300 g/mol. The maximum absolute atomic E-state index is 10.9. The highest BCUT2D eigenvalue weighted by molar-refractivity contribution is 5.88. The predicted molar refractivity (Wildman–Crippen MR) is 86.9 cm³/mol. The number of aliphatic hydroxyl groups excluding tert-OH is 1. The van der Waals surface area contributed by atoms with Crippen molar-refractivity contribution in [2.45, 2.75) is 19.6 Å². The van der Waals surface area contributed by atoms with Crippen molar-refractivity contribution in [3.05, 3.63) is 54.6 Å². The van der Waals surface area contributed by atoms with E-state index in [1.165, 1.54) is 6.92 Å². The average Bonchev–Trinajstić information content (AvgIpc) is 2.49. The van der Waals surface area contributed by atoms with Gasteiger partial charge < -0.3 is 20.5 Å². The van der Waals surface area contributed by atoms with Gasteiger partial charge in [-0.05, 0) is 36.4 Å². The molecule has 5 nitrogen and oxygen atoms in total. The van der Waals surface area contributed by atoms with Gasteiger partial charge in [-0.3, -0.25) is 4.79 Å². The summed E-state index contributed by atoms with van der Waals surface area (Å²) in [5.41, 5.74) is 1.67. The topological polar surface area (TPSA) is 70.6 Å². The molecule has 2 aromatic carbocycles. The molecular weight excluding hydrogens is 280 g/mol. The van der Waals surface area contributed by atoms with Gasteiger partial charge in [0.05, 0.1) is 0 Å². The molecule has 1 unspecified atom stereocenters. The molecule has 2 aromatic rings. The van der Waals surface area contributed by atoms with Gasteiger partial charge in [0, 0.05) is 31.3 Å². The Morgan fingerprint density at radius 2 is 1.73 bits per heavy atom. The van der Waals surface area contributed by atoms with Crippen LogP contribution >= 0.6 is 0 Å². The van der Waals surface area contributed by atoms with Crippen LogP contribution in [0.15, 0.2) is 54.6 Å². The fourth-order valence-corrected chi connectivity index (χ4v) is 1.93. The minimum absolute atomic E-state index is 0.0955. The number of carbonyl (C=O) groups excluding carboxylic acids is 1. The number of hydrogen-bond acceptors (Lipinski definition) is 4. The summed E-state index contributed by atoms with van der Waals surface area (Å²) in [6.45, 7) is 2.05. The van der Waals surface area contributed by atoms with Gasteiger partial charge in [-0.2, -0.15) is 0 Å². The van der Waals surface area contributed by atoms with Crippen LogP contribution in [0.25, 0.3) is 0 Å². The van der Waals surface area contributed by atoms with Crippen LogP contribution in [0.3, 0.4) is 0 Å². The number of benzene rings is 2. The van der Waals surface area contributed by atoms with Crippen molar-refractivity contribution in [2.75, 3.05) is 17.2 Å². The van der Waals surface area contributed by atoms with Gasteiger partial charge >= 0.3 is 0 Å². The fraction of sp³-hybridized carbons (Fsp3) is 0.235. The van der Waals surface area contributed by atoms with Crippen LogP contribution in [0.5, 0.6) is 5.75 Å². The molecule has 0 aromatic heterocycles. The fourth-order valence-electron chi connectivity index (χ4n) is 1.93. The van der Waals surface area contributed by atoms with E-state index in [-0.39, 0.29) is 5.91 Å². The molecule has 0 radical (unpaired) electrons. The molecule has 0 bridgehead atoms. The highest BCUT2D eigenvalue weighted by atomic mass is 16.6. The second-order valence-electron chi connectivity index (χ2n) is 4.86. The summed E-state index contributed by atoms with van der Waals surface area (Å²) in [5.74, 6) is 0.552. The summed E-state index contributed by atoms with van der Waals surface area (Å²) < 4.78 is 5.38. The largest absolute Gasteiger partial charge is 0.465 e. The molecule has 1 atom stereocenters. The molecule has 0 aliphatic heterocycles. The molecular formula is C17H20N2O3. The Morgan fingerprint density at radius 3 is 2.36 bits per heavy atom. The van der Waals surface area contributed by atoms with E-state index in [1.54, 1.807) is 12.1 Å². The third-order valence-electron chi connectivity index (χ3n) is 2.94. The number of aliphatic hydroxyl groups is 1. The van der Waals surface area contributed by atoms with E-state index < -0.39 is 6.29 Å². The third-order valence-corrected chi connectivity index (χ3v) is 2.94. The maximum Gasteiger partial charge on any atom is 0.221 e. The first-order valence-electron chi connectivity index (χ1n) is 7.15. The second kappa shape index (κ2) is 8.05. The molecule has 0 saturated heterocycles. The zero-order valence-corrected chi connectivity index (χ0v) is 12.5. The quantitative estimate of drug-likeness (QED) is 0.688. The van der Waals surface area contributed by atoms with Crippen molar-refractivity contribution >= 4 is 17.3 Å². The van der Waals surface area contributed by atoms with E-state index in [9.17, 15) is 9.90 Å². The first-order chi connectivity index (χ1) is 10.6. The van der Waals surface area contributed by atoms with Gasteiger partial charge in [0.25, 0.3) is 0 Å². The Kier molecular flexibility index (Phi) is 5.80. The minimum atomic E-state index is -0.853. The van der Waals surface area contributed by atoms with Crippen LogP contribution in [-0.2, 0) is 4.79 Å². The van der Waals surface area contributed by atoms with Gasteiger partial charge in [0.1, 0.15) is 5.75 Å². The number of anilines is 2. The van der Waals surface area contributed by atoms with Gasteiger partial charge in [0.2, 0.25) is 5.91 Å². The number of ether oxygens (including phenoxy) is 1. The third kappa shape index (κ3) is 5.46. The van der Waals surface area contributed by atoms with Gasteiger partial charge in [-0.15, -0.1) is 0 Å². The smallest absolute Gasteiger partial charge is 0.221 e. The van der Waals surface area contributed by atoms with E-state index >= 15 is 0 Å². The predicted octanol–water partition coefficient (Wildman–Crippen LogP) is 2.84. The molecule has 5 heteroatoms. The van der Waals surface area contributed by atoms with E-state index in [0.717, 1.165) is 11.4 Å². The molecule has 0 spiro atoms. The van der Waals surface area contributed by atoms with Crippen molar-refractivity contribution in [2.24, 2.45) is 0 Å². The van der Waals surface area contributed by atoms with Crippen LogP contribution in [-0.4, -0.2) is 23.8 Å². The van der Waals surface area contributed by atoms with E-state index in [4.69, 9.17) is 4.74 Å². The number of hydrogen-bond donors (Lipinski definition) is 3. The Labute approximate surface area is 129 Å². The van der Waals surface area contributed by atoms with Crippen molar-refractivity contribution in [1.29, 1.82) is 0 Å². The molecule has 0 heterocycles. The lowest BCUT2D eigenvalue weighted by atomic mass is 10.2. The molecule has 0 saturated carbocycles. The first-order valence-corrected chi connectivity index (χ1v) is 7.15. The van der Waals surface area contributed by atoms with E-state index in [2.05, 4.69) is 10.6 Å². The SMILES string of the molecule is CC(=O)Nc1ccc(NCCC(O)Oc2ccccc2)cc1. The van der Waals surface area contributed by atoms with Crippen LogP contribution < -0.4 is 15.4 Å². The first kappa shape index (κ1) is 15.9. The average molecular weight is 300 g/mol. The summed E-state index contributed by atoms with van der Waals surface area (Å²) >= 11 is 0. The Bertz CT molecular complexity index is 585. The van der Waals surface area contributed by atoms with Crippen molar-refractivity contribution < 1.29 is 14.6 Å².